The summed E-state index contributed by atoms with van der Waals surface area (Å²) in [6, 6.07) is 6.40. The Hall–Kier alpha value is -3.95. The van der Waals surface area contributed by atoms with Crippen LogP contribution in [0.25, 0.3) is 27.5 Å². The number of benzene rings is 1. The smallest absolute Gasteiger partial charge is 0.264 e. The Labute approximate surface area is 205 Å². The van der Waals surface area contributed by atoms with E-state index >= 15 is 4.39 Å². The van der Waals surface area contributed by atoms with Gasteiger partial charge in [-0.3, -0.25) is 14.2 Å². The Morgan fingerprint density at radius 1 is 1.11 bits per heavy atom. The summed E-state index contributed by atoms with van der Waals surface area (Å²) in [6.07, 6.45) is 0.810. The number of methoxy groups -OCH3 is 2. The van der Waals surface area contributed by atoms with Gasteiger partial charge < -0.3 is 18.9 Å². The summed E-state index contributed by atoms with van der Waals surface area (Å²) in [5.41, 5.74) is 1.18. The number of nitrogens with zero attached hydrogens (tertiary/aromatic N) is 4. The molecule has 5 rings (SSSR count). The van der Waals surface area contributed by atoms with Crippen molar-refractivity contribution < 1.29 is 23.0 Å². The maximum Gasteiger partial charge on any atom is 0.264 e. The standard InChI is InChI=1S/C26H26F2N4O4/c1-14-11-16-19(30(14)2)5-6-20(22(16)28)32-13-18(25(33)31-9-7-15(27)8-10-31)23-17(26(32)34)12-21(35-3)24(29-23)36-4/h5-6,11-13,15H,7-10H2,1-4H3. The number of aryl methyl sites for hydroxylation is 2. The molecule has 0 spiro atoms. The second-order valence-electron chi connectivity index (χ2n) is 8.96. The van der Waals surface area contributed by atoms with Crippen molar-refractivity contribution in [2.24, 2.45) is 7.05 Å². The van der Waals surface area contributed by atoms with E-state index in [9.17, 15) is 14.0 Å². The zero-order valence-corrected chi connectivity index (χ0v) is 20.5. The summed E-state index contributed by atoms with van der Waals surface area (Å²) in [6.45, 7) is 2.33. The molecule has 36 heavy (non-hydrogen) atoms. The van der Waals surface area contributed by atoms with Crippen molar-refractivity contribution in [2.45, 2.75) is 25.9 Å². The van der Waals surface area contributed by atoms with Gasteiger partial charge in [-0.15, -0.1) is 0 Å². The van der Waals surface area contributed by atoms with Crippen molar-refractivity contribution in [1.82, 2.24) is 19.0 Å². The van der Waals surface area contributed by atoms with Gasteiger partial charge in [-0.1, -0.05) is 0 Å². The lowest BCUT2D eigenvalue weighted by atomic mass is 10.1. The lowest BCUT2D eigenvalue weighted by molar-refractivity contribution is 0.0668. The highest BCUT2D eigenvalue weighted by atomic mass is 19.1. The number of pyridine rings is 2. The molecule has 0 radical (unpaired) electrons. The van der Waals surface area contributed by atoms with E-state index < -0.39 is 23.5 Å². The molecule has 1 aliphatic heterocycles. The third-order valence-electron chi connectivity index (χ3n) is 6.91. The first-order valence-electron chi connectivity index (χ1n) is 11.6. The number of rotatable bonds is 4. The van der Waals surface area contributed by atoms with Gasteiger partial charge in [0.05, 0.1) is 41.9 Å². The molecule has 0 aliphatic carbocycles. The van der Waals surface area contributed by atoms with Gasteiger partial charge in [0, 0.05) is 43.5 Å². The van der Waals surface area contributed by atoms with Gasteiger partial charge >= 0.3 is 0 Å². The Bertz CT molecular complexity index is 1570. The third kappa shape index (κ3) is 3.68. The van der Waals surface area contributed by atoms with Gasteiger partial charge in [0.2, 0.25) is 0 Å². The maximum atomic E-state index is 15.8. The van der Waals surface area contributed by atoms with E-state index in [1.165, 1.54) is 37.4 Å². The molecule has 0 N–H and O–H groups in total. The Morgan fingerprint density at radius 2 is 1.83 bits per heavy atom. The molecule has 1 aliphatic rings. The molecule has 0 atom stereocenters. The van der Waals surface area contributed by atoms with E-state index in [4.69, 9.17) is 9.47 Å². The van der Waals surface area contributed by atoms with Crippen molar-refractivity contribution >= 4 is 27.7 Å². The summed E-state index contributed by atoms with van der Waals surface area (Å²) >= 11 is 0. The molecule has 10 heteroatoms. The molecule has 1 aromatic carbocycles. The molecule has 4 heterocycles. The quantitative estimate of drug-likeness (QED) is 0.428. The number of amides is 1. The van der Waals surface area contributed by atoms with Gasteiger partial charge in [-0.2, -0.15) is 0 Å². The molecular formula is C26H26F2N4O4. The number of ether oxygens (including phenoxy) is 2. The number of alkyl halides is 1. The number of carbonyl (C=O) groups is 1. The Morgan fingerprint density at radius 3 is 2.50 bits per heavy atom. The van der Waals surface area contributed by atoms with Gasteiger partial charge in [-0.25, -0.2) is 13.8 Å². The van der Waals surface area contributed by atoms with Gasteiger partial charge in [0.1, 0.15) is 6.17 Å². The van der Waals surface area contributed by atoms with Crippen LogP contribution >= 0.6 is 0 Å². The average molecular weight is 497 g/mol. The molecule has 0 unspecified atom stereocenters. The normalized spacial score (nSPS) is 14.6. The monoisotopic (exact) mass is 496 g/mol. The summed E-state index contributed by atoms with van der Waals surface area (Å²) in [7, 11) is 4.64. The second-order valence-corrected chi connectivity index (χ2v) is 8.96. The van der Waals surface area contributed by atoms with E-state index in [-0.39, 0.29) is 59.7 Å². The Kier molecular flexibility index (Phi) is 5.89. The van der Waals surface area contributed by atoms with E-state index in [0.29, 0.717) is 10.9 Å². The number of carbonyl (C=O) groups excluding carboxylic acids is 1. The van der Waals surface area contributed by atoms with Crippen LogP contribution in [-0.2, 0) is 7.05 Å². The number of piperidine rings is 1. The number of hydrogen-bond acceptors (Lipinski definition) is 5. The zero-order chi connectivity index (χ0) is 25.7. The van der Waals surface area contributed by atoms with E-state index in [1.807, 2.05) is 18.5 Å². The molecule has 3 aromatic heterocycles. The number of aromatic nitrogens is 3. The molecule has 0 bridgehead atoms. The molecule has 1 fully saturated rings. The average Bonchev–Trinajstić information content (AvgIpc) is 3.18. The van der Waals surface area contributed by atoms with Crippen LogP contribution < -0.4 is 15.0 Å². The third-order valence-corrected chi connectivity index (χ3v) is 6.91. The molecule has 0 saturated carbocycles. The molecule has 1 saturated heterocycles. The van der Waals surface area contributed by atoms with E-state index in [0.717, 1.165) is 10.3 Å². The van der Waals surface area contributed by atoms with Crippen molar-refractivity contribution in [2.75, 3.05) is 27.3 Å². The minimum Gasteiger partial charge on any atom is -0.491 e. The molecule has 4 aromatic rings. The lowest BCUT2D eigenvalue weighted by Crippen LogP contribution is -2.39. The molecule has 1 amide bonds. The minimum atomic E-state index is -0.961. The first kappa shape index (κ1) is 23.8. The first-order chi connectivity index (χ1) is 17.2. The highest BCUT2D eigenvalue weighted by molar-refractivity contribution is 6.05. The lowest BCUT2D eigenvalue weighted by Gasteiger charge is -2.29. The van der Waals surface area contributed by atoms with Crippen LogP contribution in [0, 0.1) is 12.7 Å². The summed E-state index contributed by atoms with van der Waals surface area (Å²) in [5, 5.41) is 0.436. The van der Waals surface area contributed by atoms with Gasteiger partial charge in [-0.05, 0) is 38.0 Å². The van der Waals surface area contributed by atoms with Crippen LogP contribution in [0.15, 0.2) is 35.3 Å². The first-order valence-corrected chi connectivity index (χ1v) is 11.6. The predicted molar refractivity (Wildman–Crippen MR) is 132 cm³/mol. The molecular weight excluding hydrogens is 470 g/mol. The van der Waals surface area contributed by atoms with Crippen molar-refractivity contribution in [3.8, 4) is 17.3 Å². The van der Waals surface area contributed by atoms with Crippen LogP contribution in [0.1, 0.15) is 28.9 Å². The summed E-state index contributed by atoms with van der Waals surface area (Å²) in [4.78, 5) is 33.1. The predicted octanol–water partition coefficient (Wildman–Crippen LogP) is 3.92. The van der Waals surface area contributed by atoms with Crippen LogP contribution in [0.5, 0.6) is 11.6 Å². The van der Waals surface area contributed by atoms with Crippen molar-refractivity contribution in [1.29, 1.82) is 0 Å². The SMILES string of the molecule is COc1cc2c(=O)n(-c3ccc4c(cc(C)n4C)c3F)cc(C(=O)N3CCC(F)CC3)c2nc1OC. The number of hydrogen-bond donors (Lipinski definition) is 0. The highest BCUT2D eigenvalue weighted by Crippen LogP contribution is 2.31. The summed E-state index contributed by atoms with van der Waals surface area (Å²) < 4.78 is 43.1. The fourth-order valence-corrected chi connectivity index (χ4v) is 4.76. The summed E-state index contributed by atoms with van der Waals surface area (Å²) in [5.74, 6) is -0.697. The van der Waals surface area contributed by atoms with E-state index in [1.54, 1.807) is 12.1 Å². The topological polar surface area (TPSA) is 78.6 Å². The second kappa shape index (κ2) is 8.92. The maximum absolute atomic E-state index is 15.8. The zero-order valence-electron chi connectivity index (χ0n) is 20.5. The fraction of sp³-hybridized carbons (Fsp3) is 0.346. The van der Waals surface area contributed by atoms with Crippen molar-refractivity contribution in [3.63, 3.8) is 0 Å². The number of likely N-dealkylation sites (tertiary alicyclic amines) is 1. The van der Waals surface area contributed by atoms with Crippen LogP contribution in [0.2, 0.25) is 0 Å². The molecule has 188 valence electrons. The minimum absolute atomic E-state index is 0.00583. The van der Waals surface area contributed by atoms with Gasteiger partial charge in [0.15, 0.2) is 11.6 Å². The largest absolute Gasteiger partial charge is 0.491 e. The Balaban J connectivity index is 1.78. The van der Waals surface area contributed by atoms with Crippen molar-refractivity contribution in [3.05, 3.63) is 57.9 Å². The molecule has 8 nitrogen and oxygen atoms in total. The van der Waals surface area contributed by atoms with Crippen LogP contribution in [-0.4, -0.2) is 58.4 Å². The van der Waals surface area contributed by atoms with Gasteiger partial charge in [0.25, 0.3) is 17.3 Å². The van der Waals surface area contributed by atoms with Crippen LogP contribution in [0.4, 0.5) is 8.78 Å². The van der Waals surface area contributed by atoms with E-state index in [2.05, 4.69) is 4.98 Å². The van der Waals surface area contributed by atoms with Crippen LogP contribution in [0.3, 0.4) is 0 Å². The highest BCUT2D eigenvalue weighted by Gasteiger charge is 2.28. The number of fused-ring (bicyclic) bond motifs is 2. The number of halogens is 2. The fourth-order valence-electron chi connectivity index (χ4n) is 4.76.